The highest BCUT2D eigenvalue weighted by Gasteiger charge is 2.14. The molecule has 0 amide bonds. The van der Waals surface area contributed by atoms with E-state index in [1.54, 1.807) is 25.3 Å². The summed E-state index contributed by atoms with van der Waals surface area (Å²) in [6.45, 7) is 2.30. The maximum atomic E-state index is 9.48. The standard InChI is InChI=1S/C13H18O4/c1-15-12-6-11(14)7-13(8-12)17-9-10-2-4-16-5-3-10/h6-8,10,14H,2-5,9H2,1H3. The van der Waals surface area contributed by atoms with E-state index in [1.165, 1.54) is 0 Å². The van der Waals surface area contributed by atoms with Crippen LogP contribution in [0.1, 0.15) is 12.8 Å². The maximum Gasteiger partial charge on any atom is 0.126 e. The van der Waals surface area contributed by atoms with E-state index in [2.05, 4.69) is 0 Å². The summed E-state index contributed by atoms with van der Waals surface area (Å²) in [5.41, 5.74) is 0. The fraction of sp³-hybridized carbons (Fsp3) is 0.538. The molecule has 1 aliphatic heterocycles. The van der Waals surface area contributed by atoms with E-state index in [1.807, 2.05) is 0 Å². The summed E-state index contributed by atoms with van der Waals surface area (Å²) in [6.07, 6.45) is 2.08. The minimum atomic E-state index is 0.159. The molecule has 2 rings (SSSR count). The van der Waals surface area contributed by atoms with Gasteiger partial charge in [0, 0.05) is 31.4 Å². The number of hydrogen-bond donors (Lipinski definition) is 1. The van der Waals surface area contributed by atoms with Gasteiger partial charge in [0.1, 0.15) is 17.2 Å². The van der Waals surface area contributed by atoms with Crippen LogP contribution in [0.2, 0.25) is 0 Å². The van der Waals surface area contributed by atoms with Gasteiger partial charge in [0.15, 0.2) is 0 Å². The molecule has 0 unspecified atom stereocenters. The first kappa shape index (κ1) is 12.0. The van der Waals surface area contributed by atoms with Crippen molar-refractivity contribution in [2.24, 2.45) is 5.92 Å². The van der Waals surface area contributed by atoms with Crippen LogP contribution in [0.5, 0.6) is 17.2 Å². The minimum absolute atomic E-state index is 0.159. The normalized spacial score (nSPS) is 16.8. The number of methoxy groups -OCH3 is 1. The lowest BCUT2D eigenvalue weighted by Gasteiger charge is -2.22. The second-order valence-corrected chi connectivity index (χ2v) is 4.23. The van der Waals surface area contributed by atoms with Crippen molar-refractivity contribution < 1.29 is 19.3 Å². The Labute approximate surface area is 101 Å². The Balaban J connectivity index is 1.91. The molecular formula is C13H18O4. The van der Waals surface area contributed by atoms with Gasteiger partial charge in [-0.15, -0.1) is 0 Å². The first-order valence-corrected chi connectivity index (χ1v) is 5.86. The molecule has 0 spiro atoms. The first-order chi connectivity index (χ1) is 8.28. The maximum absolute atomic E-state index is 9.48. The highest BCUT2D eigenvalue weighted by atomic mass is 16.5. The second-order valence-electron chi connectivity index (χ2n) is 4.23. The number of hydrogen-bond acceptors (Lipinski definition) is 4. The predicted octanol–water partition coefficient (Wildman–Crippen LogP) is 2.21. The predicted molar refractivity (Wildman–Crippen MR) is 63.7 cm³/mol. The molecular weight excluding hydrogens is 220 g/mol. The van der Waals surface area contributed by atoms with E-state index in [9.17, 15) is 5.11 Å². The smallest absolute Gasteiger partial charge is 0.126 e. The van der Waals surface area contributed by atoms with Gasteiger partial charge < -0.3 is 19.3 Å². The molecule has 0 bridgehead atoms. The number of phenols is 1. The molecule has 1 aromatic rings. The van der Waals surface area contributed by atoms with Crippen LogP contribution in [0.4, 0.5) is 0 Å². The van der Waals surface area contributed by atoms with Crippen LogP contribution in [0, 0.1) is 5.92 Å². The molecule has 1 aromatic carbocycles. The summed E-state index contributed by atoms with van der Waals surface area (Å²) in [7, 11) is 1.57. The molecule has 1 fully saturated rings. The zero-order valence-corrected chi connectivity index (χ0v) is 10.0. The van der Waals surface area contributed by atoms with E-state index in [0.29, 0.717) is 24.0 Å². The van der Waals surface area contributed by atoms with Crippen LogP contribution in [-0.4, -0.2) is 32.0 Å². The minimum Gasteiger partial charge on any atom is -0.508 e. The Kier molecular flexibility index (Phi) is 4.09. The highest BCUT2D eigenvalue weighted by Crippen LogP contribution is 2.27. The molecule has 1 saturated heterocycles. The molecule has 0 radical (unpaired) electrons. The topological polar surface area (TPSA) is 47.9 Å². The first-order valence-electron chi connectivity index (χ1n) is 5.86. The van der Waals surface area contributed by atoms with Gasteiger partial charge in [-0.1, -0.05) is 0 Å². The molecule has 4 heteroatoms. The summed E-state index contributed by atoms with van der Waals surface area (Å²) < 4.78 is 16.0. The molecule has 4 nitrogen and oxygen atoms in total. The van der Waals surface area contributed by atoms with Crippen molar-refractivity contribution in [3.8, 4) is 17.2 Å². The van der Waals surface area contributed by atoms with Crippen molar-refractivity contribution in [2.45, 2.75) is 12.8 Å². The summed E-state index contributed by atoms with van der Waals surface area (Å²) >= 11 is 0. The van der Waals surface area contributed by atoms with Gasteiger partial charge in [0.25, 0.3) is 0 Å². The SMILES string of the molecule is COc1cc(O)cc(OCC2CCOCC2)c1. The molecule has 1 N–H and O–H groups in total. The van der Waals surface area contributed by atoms with Crippen molar-refractivity contribution in [2.75, 3.05) is 26.9 Å². The average Bonchev–Trinajstić information content (AvgIpc) is 2.37. The second kappa shape index (κ2) is 5.77. The molecule has 17 heavy (non-hydrogen) atoms. The molecule has 0 aliphatic carbocycles. The van der Waals surface area contributed by atoms with Crippen molar-refractivity contribution in [1.82, 2.24) is 0 Å². The Bertz CT molecular complexity index is 358. The van der Waals surface area contributed by atoms with Crippen LogP contribution in [0.15, 0.2) is 18.2 Å². The summed E-state index contributed by atoms with van der Waals surface area (Å²) in [6, 6.07) is 4.93. The quantitative estimate of drug-likeness (QED) is 0.873. The van der Waals surface area contributed by atoms with Crippen LogP contribution < -0.4 is 9.47 Å². The lowest BCUT2D eigenvalue weighted by atomic mass is 10.0. The van der Waals surface area contributed by atoms with E-state index in [4.69, 9.17) is 14.2 Å². The van der Waals surface area contributed by atoms with Crippen LogP contribution in [0.3, 0.4) is 0 Å². The Hall–Kier alpha value is -1.42. The van der Waals surface area contributed by atoms with Gasteiger partial charge in [-0.25, -0.2) is 0 Å². The summed E-state index contributed by atoms with van der Waals surface area (Å²) in [5.74, 6) is 1.95. The number of rotatable bonds is 4. The number of benzene rings is 1. The lowest BCUT2D eigenvalue weighted by molar-refractivity contribution is 0.0497. The third kappa shape index (κ3) is 3.53. The van der Waals surface area contributed by atoms with Crippen LogP contribution in [0.25, 0.3) is 0 Å². The fourth-order valence-electron chi connectivity index (χ4n) is 1.89. The van der Waals surface area contributed by atoms with Gasteiger partial charge in [0.05, 0.1) is 13.7 Å². The van der Waals surface area contributed by atoms with Crippen LogP contribution >= 0.6 is 0 Å². The van der Waals surface area contributed by atoms with Gasteiger partial charge >= 0.3 is 0 Å². The number of ether oxygens (including phenoxy) is 3. The van der Waals surface area contributed by atoms with Gasteiger partial charge in [-0.2, -0.15) is 0 Å². The Morgan fingerprint density at radius 3 is 2.65 bits per heavy atom. The Morgan fingerprint density at radius 1 is 1.24 bits per heavy atom. The number of aromatic hydroxyl groups is 1. The third-order valence-corrected chi connectivity index (χ3v) is 2.93. The largest absolute Gasteiger partial charge is 0.508 e. The van der Waals surface area contributed by atoms with Crippen molar-refractivity contribution in [1.29, 1.82) is 0 Å². The van der Waals surface area contributed by atoms with Gasteiger partial charge in [-0.05, 0) is 18.8 Å². The van der Waals surface area contributed by atoms with Crippen molar-refractivity contribution in [3.63, 3.8) is 0 Å². The highest BCUT2D eigenvalue weighted by molar-refractivity contribution is 5.41. The molecule has 0 atom stereocenters. The summed E-state index contributed by atoms with van der Waals surface area (Å²) in [5, 5.41) is 9.48. The number of phenolic OH excluding ortho intramolecular Hbond substituents is 1. The van der Waals surface area contributed by atoms with Gasteiger partial charge in [0.2, 0.25) is 0 Å². The van der Waals surface area contributed by atoms with E-state index in [0.717, 1.165) is 26.1 Å². The van der Waals surface area contributed by atoms with E-state index < -0.39 is 0 Å². The average molecular weight is 238 g/mol. The van der Waals surface area contributed by atoms with Gasteiger partial charge in [-0.3, -0.25) is 0 Å². The van der Waals surface area contributed by atoms with Crippen LogP contribution in [-0.2, 0) is 4.74 Å². The molecule has 94 valence electrons. The van der Waals surface area contributed by atoms with E-state index in [-0.39, 0.29) is 5.75 Å². The fourth-order valence-corrected chi connectivity index (χ4v) is 1.89. The van der Waals surface area contributed by atoms with Crippen molar-refractivity contribution in [3.05, 3.63) is 18.2 Å². The lowest BCUT2D eigenvalue weighted by Crippen LogP contribution is -2.21. The monoisotopic (exact) mass is 238 g/mol. The molecule has 1 heterocycles. The molecule has 0 saturated carbocycles. The summed E-state index contributed by atoms with van der Waals surface area (Å²) in [4.78, 5) is 0. The zero-order chi connectivity index (χ0) is 12.1. The third-order valence-electron chi connectivity index (χ3n) is 2.93. The molecule has 0 aromatic heterocycles. The van der Waals surface area contributed by atoms with Crippen molar-refractivity contribution >= 4 is 0 Å². The molecule has 1 aliphatic rings. The van der Waals surface area contributed by atoms with E-state index >= 15 is 0 Å². The zero-order valence-electron chi connectivity index (χ0n) is 10.0. The Morgan fingerprint density at radius 2 is 1.94 bits per heavy atom.